The van der Waals surface area contributed by atoms with Crippen molar-refractivity contribution in [2.24, 2.45) is 11.7 Å². The van der Waals surface area contributed by atoms with E-state index in [1.165, 1.54) is 0 Å². The molecule has 2 aliphatic rings. The molecule has 2 unspecified atom stereocenters. The molecule has 2 amide bonds. The average Bonchev–Trinajstić information content (AvgIpc) is 2.98. The largest absolute Gasteiger partial charge is 0.344 e. The van der Waals surface area contributed by atoms with Gasteiger partial charge in [-0.15, -0.1) is 0 Å². The first-order chi connectivity index (χ1) is 8.67. The van der Waals surface area contributed by atoms with Crippen LogP contribution in [0, 0.1) is 5.92 Å². The van der Waals surface area contributed by atoms with Crippen LogP contribution in [0.1, 0.15) is 39.0 Å². The van der Waals surface area contributed by atoms with Crippen molar-refractivity contribution in [2.75, 3.05) is 13.1 Å². The third-order valence-electron chi connectivity index (χ3n) is 4.24. The molecule has 2 rings (SSSR count). The third-order valence-corrected chi connectivity index (χ3v) is 4.24. The van der Waals surface area contributed by atoms with Gasteiger partial charge in [-0.1, -0.05) is 6.42 Å². The molecule has 0 spiro atoms. The summed E-state index contributed by atoms with van der Waals surface area (Å²) >= 11 is 0. The molecule has 5 nitrogen and oxygen atoms in total. The standard InChI is InChI=1S/C13H23N3O2/c1-2-16(11-5-3-4-9(11)8-14)13(18)10-6-7-12(17)15-10/h9-11H,2-8,14H2,1H3,(H,15,17)/t9?,10-,11?/m1/s1. The number of rotatable bonds is 4. The van der Waals surface area contributed by atoms with Gasteiger partial charge in [0.1, 0.15) is 6.04 Å². The van der Waals surface area contributed by atoms with Gasteiger partial charge < -0.3 is 16.0 Å². The van der Waals surface area contributed by atoms with Crippen LogP contribution in [0.4, 0.5) is 0 Å². The van der Waals surface area contributed by atoms with Crippen LogP contribution < -0.4 is 11.1 Å². The van der Waals surface area contributed by atoms with E-state index >= 15 is 0 Å². The van der Waals surface area contributed by atoms with E-state index in [0.717, 1.165) is 19.3 Å². The second-order valence-corrected chi connectivity index (χ2v) is 5.28. The van der Waals surface area contributed by atoms with Gasteiger partial charge in [-0.3, -0.25) is 9.59 Å². The quantitative estimate of drug-likeness (QED) is 0.753. The molecule has 0 radical (unpaired) electrons. The minimum Gasteiger partial charge on any atom is -0.344 e. The van der Waals surface area contributed by atoms with Gasteiger partial charge >= 0.3 is 0 Å². The number of carbonyl (C=O) groups excluding carboxylic acids is 2. The lowest BCUT2D eigenvalue weighted by molar-refractivity contribution is -0.137. The lowest BCUT2D eigenvalue weighted by Gasteiger charge is -2.33. The molecule has 1 saturated heterocycles. The second-order valence-electron chi connectivity index (χ2n) is 5.28. The predicted octanol–water partition coefficient (Wildman–Crippen LogP) is 0.241. The van der Waals surface area contributed by atoms with E-state index in [1.54, 1.807) is 0 Å². The number of hydrogen-bond acceptors (Lipinski definition) is 3. The van der Waals surface area contributed by atoms with E-state index < -0.39 is 0 Å². The van der Waals surface area contributed by atoms with Crippen LogP contribution in [0.25, 0.3) is 0 Å². The Labute approximate surface area is 108 Å². The summed E-state index contributed by atoms with van der Waals surface area (Å²) in [5.41, 5.74) is 5.78. The summed E-state index contributed by atoms with van der Waals surface area (Å²) in [6.07, 6.45) is 4.41. The van der Waals surface area contributed by atoms with Crippen LogP contribution in [-0.2, 0) is 9.59 Å². The first-order valence-corrected chi connectivity index (χ1v) is 6.97. The van der Waals surface area contributed by atoms with Gasteiger partial charge in [0.2, 0.25) is 11.8 Å². The van der Waals surface area contributed by atoms with Crippen LogP contribution >= 0.6 is 0 Å². The van der Waals surface area contributed by atoms with Crippen molar-refractivity contribution < 1.29 is 9.59 Å². The summed E-state index contributed by atoms with van der Waals surface area (Å²) in [6, 6.07) is -0.0403. The second kappa shape index (κ2) is 5.69. The van der Waals surface area contributed by atoms with Crippen molar-refractivity contribution in [3.05, 3.63) is 0 Å². The molecule has 1 heterocycles. The Morgan fingerprint density at radius 2 is 2.22 bits per heavy atom. The highest BCUT2D eigenvalue weighted by Crippen LogP contribution is 2.30. The molecule has 5 heteroatoms. The van der Waals surface area contributed by atoms with Crippen molar-refractivity contribution in [2.45, 2.75) is 51.1 Å². The zero-order valence-corrected chi connectivity index (χ0v) is 11.0. The van der Waals surface area contributed by atoms with Crippen molar-refractivity contribution in [3.63, 3.8) is 0 Å². The monoisotopic (exact) mass is 253 g/mol. The molecule has 2 fully saturated rings. The first-order valence-electron chi connectivity index (χ1n) is 6.97. The van der Waals surface area contributed by atoms with E-state index in [0.29, 0.717) is 31.8 Å². The van der Waals surface area contributed by atoms with Gasteiger partial charge in [0.25, 0.3) is 0 Å². The summed E-state index contributed by atoms with van der Waals surface area (Å²) in [4.78, 5) is 25.6. The van der Waals surface area contributed by atoms with Crippen LogP contribution in [0.3, 0.4) is 0 Å². The maximum absolute atomic E-state index is 12.4. The Morgan fingerprint density at radius 1 is 1.44 bits per heavy atom. The minimum atomic E-state index is -0.309. The maximum atomic E-state index is 12.4. The molecule has 18 heavy (non-hydrogen) atoms. The average molecular weight is 253 g/mol. The van der Waals surface area contributed by atoms with Crippen LogP contribution in [-0.4, -0.2) is 41.9 Å². The smallest absolute Gasteiger partial charge is 0.245 e. The molecule has 1 aliphatic carbocycles. The van der Waals surface area contributed by atoms with E-state index in [2.05, 4.69) is 5.32 Å². The van der Waals surface area contributed by atoms with Gasteiger partial charge in [0, 0.05) is 19.0 Å². The molecule has 3 atom stereocenters. The van der Waals surface area contributed by atoms with Gasteiger partial charge in [0.05, 0.1) is 0 Å². The number of amides is 2. The SMILES string of the molecule is CCN(C(=O)[C@H]1CCC(=O)N1)C1CCCC1CN. The highest BCUT2D eigenvalue weighted by atomic mass is 16.2. The zero-order valence-electron chi connectivity index (χ0n) is 11.0. The first kappa shape index (κ1) is 13.3. The highest BCUT2D eigenvalue weighted by Gasteiger charge is 2.37. The molecule has 0 aromatic rings. The van der Waals surface area contributed by atoms with E-state index in [1.807, 2.05) is 11.8 Å². The number of nitrogens with two attached hydrogens (primary N) is 1. The molecule has 102 valence electrons. The van der Waals surface area contributed by atoms with Gasteiger partial charge in [-0.2, -0.15) is 0 Å². The Hall–Kier alpha value is -1.10. The molecule has 0 aromatic heterocycles. The van der Waals surface area contributed by atoms with Crippen molar-refractivity contribution in [1.29, 1.82) is 0 Å². The van der Waals surface area contributed by atoms with Crippen molar-refractivity contribution in [1.82, 2.24) is 10.2 Å². The summed E-state index contributed by atoms with van der Waals surface area (Å²) in [7, 11) is 0. The number of hydrogen-bond donors (Lipinski definition) is 2. The van der Waals surface area contributed by atoms with Crippen molar-refractivity contribution >= 4 is 11.8 Å². The summed E-state index contributed by atoms with van der Waals surface area (Å²) in [5, 5.41) is 2.76. The Kier molecular flexibility index (Phi) is 4.22. The molecule has 3 N–H and O–H groups in total. The Bertz CT molecular complexity index is 332. The van der Waals surface area contributed by atoms with E-state index in [9.17, 15) is 9.59 Å². The molecule has 0 bridgehead atoms. The van der Waals surface area contributed by atoms with Gasteiger partial charge in [0.15, 0.2) is 0 Å². The van der Waals surface area contributed by atoms with Crippen LogP contribution in [0.2, 0.25) is 0 Å². The van der Waals surface area contributed by atoms with E-state index in [4.69, 9.17) is 5.73 Å². The number of carbonyl (C=O) groups is 2. The fourth-order valence-corrected chi connectivity index (χ4v) is 3.26. The van der Waals surface area contributed by atoms with Crippen LogP contribution in [0.5, 0.6) is 0 Å². The van der Waals surface area contributed by atoms with E-state index in [-0.39, 0.29) is 23.9 Å². The fraction of sp³-hybridized carbons (Fsp3) is 0.846. The van der Waals surface area contributed by atoms with Crippen molar-refractivity contribution in [3.8, 4) is 0 Å². The molecule has 1 aliphatic heterocycles. The number of nitrogens with one attached hydrogen (secondary N) is 1. The molecule has 0 aromatic carbocycles. The molecule has 1 saturated carbocycles. The third kappa shape index (κ3) is 2.51. The van der Waals surface area contributed by atoms with Gasteiger partial charge in [-0.05, 0) is 38.6 Å². The van der Waals surface area contributed by atoms with Gasteiger partial charge in [-0.25, -0.2) is 0 Å². The number of likely N-dealkylation sites (N-methyl/N-ethyl adjacent to an activating group) is 1. The summed E-state index contributed by atoms with van der Waals surface area (Å²) in [5.74, 6) is 0.492. The normalized spacial score (nSPS) is 31.4. The Morgan fingerprint density at radius 3 is 2.78 bits per heavy atom. The molecular formula is C13H23N3O2. The topological polar surface area (TPSA) is 75.4 Å². The fourth-order valence-electron chi connectivity index (χ4n) is 3.26. The zero-order chi connectivity index (χ0) is 13.1. The molecular weight excluding hydrogens is 230 g/mol. The maximum Gasteiger partial charge on any atom is 0.245 e. The number of nitrogens with zero attached hydrogens (tertiary/aromatic N) is 1. The lowest BCUT2D eigenvalue weighted by atomic mass is 10.0. The minimum absolute atomic E-state index is 0.00815. The lowest BCUT2D eigenvalue weighted by Crippen LogP contribution is -2.50. The summed E-state index contributed by atoms with van der Waals surface area (Å²) in [6.45, 7) is 3.35. The van der Waals surface area contributed by atoms with Crippen LogP contribution in [0.15, 0.2) is 0 Å². The highest BCUT2D eigenvalue weighted by molar-refractivity contribution is 5.91. The predicted molar refractivity (Wildman–Crippen MR) is 68.7 cm³/mol. The Balaban J connectivity index is 2.03. The summed E-state index contributed by atoms with van der Waals surface area (Å²) < 4.78 is 0.